The molecule has 2 aliphatic carbocycles. The molecule has 0 heterocycles. The monoisotopic (exact) mass is 1170 g/mol. The fourth-order valence-corrected chi connectivity index (χ4v) is 13.5. The van der Waals surface area contributed by atoms with Crippen LogP contribution in [-0.4, -0.2) is 0 Å². The van der Waals surface area contributed by atoms with Gasteiger partial charge in [-0.05, 0) is 208 Å². The minimum atomic E-state index is -0.764. The largest absolute Gasteiger partial charge is 0.310 e. The van der Waals surface area contributed by atoms with Crippen LogP contribution in [0.4, 0.5) is 51.2 Å². The molecule has 3 heteroatoms. The highest BCUT2D eigenvalue weighted by molar-refractivity contribution is 5.99. The lowest BCUT2D eigenvalue weighted by atomic mass is 9.70. The van der Waals surface area contributed by atoms with Crippen LogP contribution in [0.3, 0.4) is 0 Å². The summed E-state index contributed by atoms with van der Waals surface area (Å²) < 4.78 is 0. The summed E-state index contributed by atoms with van der Waals surface area (Å²) in [5.74, 6) is 0. The van der Waals surface area contributed by atoms with Gasteiger partial charge in [0.2, 0.25) is 0 Å². The quantitative estimate of drug-likeness (QED) is 0.0947. The molecule has 0 N–H and O–H groups in total. The standard InChI is InChI=1S/C88H67N3/c1-62-23-41-71(42-24-62)89(74-47-35-68(36-48-74)32-29-65-15-7-4-8-16-65)77-53-56-81-80-21-13-14-22-84(80)88(85(81)59-77)86-60-78(90(72-43-25-63(2)26-44-72)75-49-37-69(38-50-75)33-30-66-17-9-5-10-18-66)54-57-82(86)83-58-55-79(61-87(83)88)91(73-45-27-64(3)28-46-73)76-51-39-70(40-52-76)34-31-67-19-11-6-12-20-67/h4-61H,1-3H3. The molecule has 434 valence electrons. The van der Waals surface area contributed by atoms with Crippen molar-refractivity contribution in [2.75, 3.05) is 14.7 Å². The summed E-state index contributed by atoms with van der Waals surface area (Å²) in [5, 5.41) is 0. The van der Waals surface area contributed by atoms with Gasteiger partial charge in [-0.3, -0.25) is 0 Å². The van der Waals surface area contributed by atoms with Gasteiger partial charge in [-0.15, -0.1) is 0 Å². The van der Waals surface area contributed by atoms with Crippen molar-refractivity contribution in [3.05, 3.63) is 388 Å². The zero-order valence-electron chi connectivity index (χ0n) is 51.3. The molecule has 0 radical (unpaired) electrons. The molecule has 0 amide bonds. The van der Waals surface area contributed by atoms with Gasteiger partial charge < -0.3 is 14.7 Å². The Balaban J connectivity index is 0.934. The Kier molecular flexibility index (Phi) is 14.9. The maximum Gasteiger partial charge on any atom is 0.0727 e. The molecule has 0 saturated heterocycles. The first-order valence-corrected chi connectivity index (χ1v) is 31.4. The van der Waals surface area contributed by atoms with Crippen LogP contribution >= 0.6 is 0 Å². The Hall–Kier alpha value is -11.5. The van der Waals surface area contributed by atoms with E-state index in [1.807, 2.05) is 0 Å². The normalized spacial score (nSPS) is 13.6. The van der Waals surface area contributed by atoms with Crippen LogP contribution in [0.2, 0.25) is 0 Å². The van der Waals surface area contributed by atoms with E-state index in [1.165, 1.54) is 77.9 Å². The summed E-state index contributed by atoms with van der Waals surface area (Å²) in [7, 11) is 0. The first kappa shape index (κ1) is 56.0. The minimum absolute atomic E-state index is 0.764. The Morgan fingerprint density at radius 1 is 0.198 bits per heavy atom. The summed E-state index contributed by atoms with van der Waals surface area (Å²) in [6.07, 6.45) is 13.1. The third kappa shape index (κ3) is 10.9. The number of hydrogen-bond acceptors (Lipinski definition) is 3. The van der Waals surface area contributed by atoms with Crippen molar-refractivity contribution in [2.45, 2.75) is 26.2 Å². The lowest BCUT2D eigenvalue weighted by Gasteiger charge is -2.34. The van der Waals surface area contributed by atoms with Crippen LogP contribution in [0.25, 0.3) is 58.7 Å². The second kappa shape index (κ2) is 24.2. The summed E-state index contributed by atoms with van der Waals surface area (Å²) in [6, 6.07) is 116. The minimum Gasteiger partial charge on any atom is -0.310 e. The van der Waals surface area contributed by atoms with Crippen molar-refractivity contribution in [2.24, 2.45) is 0 Å². The van der Waals surface area contributed by atoms with Gasteiger partial charge in [-0.25, -0.2) is 0 Å². The molecule has 0 aliphatic heterocycles. The molecule has 3 nitrogen and oxygen atoms in total. The molecule has 0 atom stereocenters. The molecule has 0 fully saturated rings. The molecule has 0 aromatic heterocycles. The van der Waals surface area contributed by atoms with Crippen molar-refractivity contribution in [3.8, 4) is 22.3 Å². The van der Waals surface area contributed by atoms with Gasteiger partial charge in [0.15, 0.2) is 0 Å². The van der Waals surface area contributed by atoms with Crippen molar-refractivity contribution >= 4 is 87.6 Å². The van der Waals surface area contributed by atoms with E-state index in [0.29, 0.717) is 0 Å². The van der Waals surface area contributed by atoms with E-state index in [0.717, 1.165) is 67.9 Å². The highest BCUT2D eigenvalue weighted by Crippen LogP contribution is 2.65. The summed E-state index contributed by atoms with van der Waals surface area (Å²) in [5.41, 5.74) is 29.4. The van der Waals surface area contributed by atoms with E-state index in [9.17, 15) is 0 Å². The fourth-order valence-electron chi connectivity index (χ4n) is 13.5. The van der Waals surface area contributed by atoms with Gasteiger partial charge in [0.1, 0.15) is 0 Å². The average molecular weight is 1170 g/mol. The van der Waals surface area contributed by atoms with E-state index in [1.54, 1.807) is 0 Å². The molecule has 0 bridgehead atoms. The molecular formula is C88H67N3. The highest BCUT2D eigenvalue weighted by Gasteiger charge is 2.52. The average Bonchev–Trinajstić information content (AvgIpc) is 1.51. The molecule has 2 aliphatic rings. The van der Waals surface area contributed by atoms with Gasteiger partial charge in [0.05, 0.1) is 5.41 Å². The number of rotatable bonds is 15. The zero-order valence-corrected chi connectivity index (χ0v) is 51.3. The summed E-state index contributed by atoms with van der Waals surface area (Å²) >= 11 is 0. The van der Waals surface area contributed by atoms with Crippen LogP contribution in [0, 0.1) is 20.8 Å². The van der Waals surface area contributed by atoms with Gasteiger partial charge in [0, 0.05) is 51.2 Å². The van der Waals surface area contributed by atoms with Gasteiger partial charge >= 0.3 is 0 Å². The van der Waals surface area contributed by atoms with Crippen molar-refractivity contribution in [1.29, 1.82) is 0 Å². The highest BCUT2D eigenvalue weighted by atomic mass is 15.2. The number of hydrogen-bond donors (Lipinski definition) is 0. The van der Waals surface area contributed by atoms with E-state index in [-0.39, 0.29) is 0 Å². The Morgan fingerprint density at radius 2 is 0.418 bits per heavy atom. The van der Waals surface area contributed by atoms with Crippen molar-refractivity contribution in [1.82, 2.24) is 0 Å². The summed E-state index contributed by atoms with van der Waals surface area (Å²) in [4.78, 5) is 7.29. The third-order valence-corrected chi connectivity index (χ3v) is 18.0. The van der Waals surface area contributed by atoms with Crippen LogP contribution in [0.15, 0.2) is 315 Å². The first-order valence-electron chi connectivity index (χ1n) is 31.4. The van der Waals surface area contributed by atoms with Crippen molar-refractivity contribution in [3.63, 3.8) is 0 Å². The third-order valence-electron chi connectivity index (χ3n) is 18.0. The van der Waals surface area contributed by atoms with Crippen LogP contribution in [0.1, 0.15) is 72.3 Å². The van der Waals surface area contributed by atoms with Crippen LogP contribution in [-0.2, 0) is 5.41 Å². The lowest BCUT2D eigenvalue weighted by Crippen LogP contribution is -2.27. The van der Waals surface area contributed by atoms with E-state index < -0.39 is 5.41 Å². The number of fused-ring (bicyclic) bond motifs is 10. The predicted molar refractivity (Wildman–Crippen MR) is 387 cm³/mol. The van der Waals surface area contributed by atoms with Crippen molar-refractivity contribution < 1.29 is 0 Å². The smallest absolute Gasteiger partial charge is 0.0727 e. The molecule has 1 spiro atoms. The Morgan fingerprint density at radius 3 is 0.703 bits per heavy atom. The lowest BCUT2D eigenvalue weighted by molar-refractivity contribution is 0.793. The van der Waals surface area contributed by atoms with Crippen LogP contribution < -0.4 is 14.7 Å². The van der Waals surface area contributed by atoms with Gasteiger partial charge in [-0.2, -0.15) is 0 Å². The molecule has 13 aromatic carbocycles. The molecule has 91 heavy (non-hydrogen) atoms. The van der Waals surface area contributed by atoms with Crippen LogP contribution in [0.5, 0.6) is 0 Å². The Labute approximate surface area is 535 Å². The Bertz CT molecular complexity index is 4430. The first-order chi connectivity index (χ1) is 44.8. The number of aryl methyl sites for hydroxylation is 3. The second-order valence-electron chi connectivity index (χ2n) is 24.0. The summed E-state index contributed by atoms with van der Waals surface area (Å²) in [6.45, 7) is 6.49. The number of anilines is 9. The maximum absolute atomic E-state index is 2.51. The number of benzene rings is 13. The zero-order chi connectivity index (χ0) is 61.3. The van der Waals surface area contributed by atoms with E-state index >= 15 is 0 Å². The topological polar surface area (TPSA) is 9.72 Å². The SMILES string of the molecule is Cc1ccc(N(c2ccc(C=Cc3ccccc3)cc2)c2ccc3c(c2)C2(c4ccccc4-3)c3cc(N(c4ccc(C)cc4)c4ccc(C=Cc5ccccc5)cc4)ccc3-c3ccc(N(c4ccc(C)cc4)c4ccc(C=Cc5ccccc5)cc4)cc32)cc1. The molecule has 15 rings (SSSR count). The molecular weight excluding hydrogens is 1100 g/mol. The van der Waals surface area contributed by atoms with Gasteiger partial charge in [-0.1, -0.05) is 259 Å². The second-order valence-corrected chi connectivity index (χ2v) is 24.0. The number of nitrogens with zero attached hydrogens (tertiary/aromatic N) is 3. The molecule has 0 saturated carbocycles. The van der Waals surface area contributed by atoms with E-state index in [4.69, 9.17) is 0 Å². The predicted octanol–water partition coefficient (Wildman–Crippen LogP) is 23.9. The van der Waals surface area contributed by atoms with E-state index in [2.05, 4.69) is 387 Å². The maximum atomic E-state index is 2.51. The molecule has 13 aromatic rings. The molecule has 0 unspecified atom stereocenters. The fraction of sp³-hybridized carbons (Fsp3) is 0.0455. The van der Waals surface area contributed by atoms with Gasteiger partial charge in [0.25, 0.3) is 0 Å².